The largest absolute Gasteiger partial charge is 0.398 e. The molecule has 0 bridgehead atoms. The molecule has 6 heteroatoms. The van der Waals surface area contributed by atoms with Gasteiger partial charge in [-0.25, -0.2) is 13.1 Å². The van der Waals surface area contributed by atoms with Crippen LogP contribution in [0.4, 0.5) is 5.69 Å². The molecule has 3 N–H and O–H groups in total. The molecule has 1 rings (SSSR count). The molecule has 0 aliphatic carbocycles. The fourth-order valence-electron chi connectivity index (χ4n) is 1.91. The molecule has 108 valence electrons. The number of nitrogens with one attached hydrogen (secondary N) is 1. The van der Waals surface area contributed by atoms with Crippen molar-refractivity contribution in [2.45, 2.75) is 45.1 Å². The Morgan fingerprint density at radius 2 is 1.95 bits per heavy atom. The quantitative estimate of drug-likeness (QED) is 0.822. The normalized spacial score (nSPS) is 13.8. The zero-order valence-electron chi connectivity index (χ0n) is 11.7. The highest BCUT2D eigenvalue weighted by Gasteiger charge is 2.23. The van der Waals surface area contributed by atoms with Crippen LogP contribution in [0.1, 0.15) is 32.8 Å². The molecule has 0 aromatic heterocycles. The predicted octanol–water partition coefficient (Wildman–Crippen LogP) is 2.94. The summed E-state index contributed by atoms with van der Waals surface area (Å²) in [4.78, 5) is 0.150. The lowest BCUT2D eigenvalue weighted by molar-refractivity contribution is 0.437. The summed E-state index contributed by atoms with van der Waals surface area (Å²) < 4.78 is 27.5. The van der Waals surface area contributed by atoms with Crippen molar-refractivity contribution in [2.75, 3.05) is 5.73 Å². The number of sulfonamides is 1. The molecule has 1 aromatic carbocycles. The van der Waals surface area contributed by atoms with Crippen LogP contribution >= 0.6 is 11.6 Å². The van der Waals surface area contributed by atoms with E-state index in [-0.39, 0.29) is 16.9 Å². The summed E-state index contributed by atoms with van der Waals surface area (Å²) in [6.45, 7) is 7.59. The van der Waals surface area contributed by atoms with Gasteiger partial charge in [-0.05, 0) is 37.0 Å². The number of benzene rings is 1. The van der Waals surface area contributed by atoms with Gasteiger partial charge in [0.05, 0.1) is 4.90 Å². The molecule has 4 nitrogen and oxygen atoms in total. The minimum absolute atomic E-state index is 0.107. The van der Waals surface area contributed by atoms with E-state index < -0.39 is 10.0 Å². The number of nitrogens with two attached hydrogens (primary N) is 1. The molecule has 0 aliphatic rings. The first-order valence-corrected chi connectivity index (χ1v) is 8.13. The van der Waals surface area contributed by atoms with Crippen LogP contribution in [0.2, 0.25) is 5.02 Å². The number of nitrogen functional groups attached to an aromatic ring is 1. The first kappa shape index (κ1) is 16.3. The van der Waals surface area contributed by atoms with Crippen molar-refractivity contribution in [3.05, 3.63) is 22.7 Å². The van der Waals surface area contributed by atoms with Gasteiger partial charge in [0.15, 0.2) is 0 Å². The Balaban J connectivity index is 3.21. The van der Waals surface area contributed by atoms with Gasteiger partial charge in [-0.2, -0.15) is 0 Å². The van der Waals surface area contributed by atoms with Crippen LogP contribution in [0.15, 0.2) is 17.0 Å². The third-order valence-corrected chi connectivity index (χ3v) is 5.04. The van der Waals surface area contributed by atoms with Gasteiger partial charge in [-0.15, -0.1) is 0 Å². The van der Waals surface area contributed by atoms with Crippen molar-refractivity contribution in [1.29, 1.82) is 0 Å². The van der Waals surface area contributed by atoms with E-state index in [1.54, 1.807) is 13.0 Å². The Morgan fingerprint density at radius 3 is 2.42 bits per heavy atom. The molecular formula is C13H21ClN2O2S. The first-order chi connectivity index (χ1) is 8.69. The van der Waals surface area contributed by atoms with Crippen molar-refractivity contribution in [3.63, 3.8) is 0 Å². The molecule has 1 unspecified atom stereocenters. The standard InChI is InChI=1S/C13H21ClN2O2S/c1-5-12(8(2)3)16-19(17,18)13-7-10(14)6-11(15)9(13)4/h6-8,12,16H,5,15H2,1-4H3. The lowest BCUT2D eigenvalue weighted by Crippen LogP contribution is -2.38. The Hall–Kier alpha value is -0.780. The van der Waals surface area contributed by atoms with Crippen LogP contribution in [0.25, 0.3) is 0 Å². The van der Waals surface area contributed by atoms with Crippen molar-refractivity contribution in [3.8, 4) is 0 Å². The van der Waals surface area contributed by atoms with E-state index in [2.05, 4.69) is 4.72 Å². The van der Waals surface area contributed by atoms with E-state index in [0.717, 1.165) is 6.42 Å². The minimum atomic E-state index is -3.61. The van der Waals surface area contributed by atoms with Gasteiger partial charge in [0, 0.05) is 16.8 Å². The Kier molecular flexibility index (Phi) is 5.24. The molecule has 0 radical (unpaired) electrons. The third kappa shape index (κ3) is 3.84. The second-order valence-corrected chi connectivity index (χ2v) is 7.12. The van der Waals surface area contributed by atoms with Crippen molar-refractivity contribution in [1.82, 2.24) is 4.72 Å². The topological polar surface area (TPSA) is 72.2 Å². The smallest absolute Gasteiger partial charge is 0.241 e. The predicted molar refractivity (Wildman–Crippen MR) is 79.8 cm³/mol. The average molecular weight is 305 g/mol. The van der Waals surface area contributed by atoms with Gasteiger partial charge in [-0.3, -0.25) is 0 Å². The van der Waals surface area contributed by atoms with Gasteiger partial charge < -0.3 is 5.73 Å². The number of hydrogen-bond acceptors (Lipinski definition) is 3. The molecule has 0 amide bonds. The van der Waals surface area contributed by atoms with Gasteiger partial charge >= 0.3 is 0 Å². The highest BCUT2D eigenvalue weighted by Crippen LogP contribution is 2.26. The summed E-state index contributed by atoms with van der Waals surface area (Å²) in [6.07, 6.45) is 0.728. The molecule has 0 saturated carbocycles. The molecule has 0 heterocycles. The molecule has 0 aliphatic heterocycles. The summed E-state index contributed by atoms with van der Waals surface area (Å²) in [6, 6.07) is 2.88. The van der Waals surface area contributed by atoms with Crippen LogP contribution < -0.4 is 10.5 Å². The molecule has 1 aromatic rings. The SMILES string of the molecule is CCC(NS(=O)(=O)c1cc(Cl)cc(N)c1C)C(C)C. The third-order valence-electron chi connectivity index (χ3n) is 3.21. The van der Waals surface area contributed by atoms with Crippen LogP contribution in [0.3, 0.4) is 0 Å². The highest BCUT2D eigenvalue weighted by atomic mass is 35.5. The second kappa shape index (κ2) is 6.11. The lowest BCUT2D eigenvalue weighted by Gasteiger charge is -2.21. The van der Waals surface area contributed by atoms with Gasteiger partial charge in [0.2, 0.25) is 10.0 Å². The van der Waals surface area contributed by atoms with E-state index in [4.69, 9.17) is 17.3 Å². The van der Waals surface area contributed by atoms with E-state index in [9.17, 15) is 8.42 Å². The molecule has 0 fully saturated rings. The summed E-state index contributed by atoms with van der Waals surface area (Å²) >= 11 is 5.89. The monoisotopic (exact) mass is 304 g/mol. The maximum Gasteiger partial charge on any atom is 0.241 e. The van der Waals surface area contributed by atoms with E-state index in [1.165, 1.54) is 6.07 Å². The minimum Gasteiger partial charge on any atom is -0.398 e. The fourth-order valence-corrected chi connectivity index (χ4v) is 3.97. The van der Waals surface area contributed by atoms with E-state index in [0.29, 0.717) is 16.3 Å². The van der Waals surface area contributed by atoms with Crippen molar-refractivity contribution in [2.24, 2.45) is 5.92 Å². The first-order valence-electron chi connectivity index (χ1n) is 6.27. The molecule has 1 atom stereocenters. The van der Waals surface area contributed by atoms with Crippen molar-refractivity contribution >= 4 is 27.3 Å². The van der Waals surface area contributed by atoms with Crippen LogP contribution in [-0.4, -0.2) is 14.5 Å². The Labute approximate surface area is 120 Å². The summed E-state index contributed by atoms with van der Waals surface area (Å²) in [5, 5.41) is 0.320. The summed E-state index contributed by atoms with van der Waals surface area (Å²) in [7, 11) is -3.61. The zero-order chi connectivity index (χ0) is 14.8. The van der Waals surface area contributed by atoms with Crippen molar-refractivity contribution < 1.29 is 8.42 Å². The molecule has 0 saturated heterocycles. The van der Waals surface area contributed by atoms with Gasteiger partial charge in [0.1, 0.15) is 0 Å². The molecular weight excluding hydrogens is 284 g/mol. The number of halogens is 1. The molecule has 19 heavy (non-hydrogen) atoms. The summed E-state index contributed by atoms with van der Waals surface area (Å²) in [5.41, 5.74) is 6.67. The number of rotatable bonds is 5. The van der Waals surface area contributed by atoms with Crippen LogP contribution in [0.5, 0.6) is 0 Å². The average Bonchev–Trinajstić information content (AvgIpc) is 2.30. The Morgan fingerprint density at radius 1 is 1.37 bits per heavy atom. The highest BCUT2D eigenvalue weighted by molar-refractivity contribution is 7.89. The number of anilines is 1. The van der Waals surface area contributed by atoms with E-state index in [1.807, 2.05) is 20.8 Å². The number of hydrogen-bond donors (Lipinski definition) is 2. The Bertz CT molecular complexity index is 556. The fraction of sp³-hybridized carbons (Fsp3) is 0.538. The van der Waals surface area contributed by atoms with Gasteiger partial charge in [-0.1, -0.05) is 32.4 Å². The molecule has 0 spiro atoms. The summed E-state index contributed by atoms with van der Waals surface area (Å²) in [5.74, 6) is 0.219. The lowest BCUT2D eigenvalue weighted by atomic mass is 10.0. The van der Waals surface area contributed by atoms with Crippen LogP contribution in [0, 0.1) is 12.8 Å². The van der Waals surface area contributed by atoms with Gasteiger partial charge in [0.25, 0.3) is 0 Å². The maximum atomic E-state index is 12.4. The second-order valence-electron chi connectivity index (χ2n) is 5.00. The van der Waals surface area contributed by atoms with E-state index >= 15 is 0 Å². The zero-order valence-corrected chi connectivity index (χ0v) is 13.3. The van der Waals surface area contributed by atoms with Crippen LogP contribution in [-0.2, 0) is 10.0 Å². The maximum absolute atomic E-state index is 12.4.